The first kappa shape index (κ1) is 19.1. The number of amides is 1. The number of nitrogens with zero attached hydrogens (tertiary/aromatic N) is 2. The molecule has 0 N–H and O–H groups in total. The third-order valence-electron chi connectivity index (χ3n) is 6.64. The lowest BCUT2D eigenvalue weighted by Gasteiger charge is -2.34. The van der Waals surface area contributed by atoms with Gasteiger partial charge < -0.3 is 14.5 Å². The van der Waals surface area contributed by atoms with Gasteiger partial charge in [-0.1, -0.05) is 60.7 Å². The summed E-state index contributed by atoms with van der Waals surface area (Å²) in [5, 5.41) is 2.50. The van der Waals surface area contributed by atoms with Gasteiger partial charge in [-0.15, -0.1) is 0 Å². The van der Waals surface area contributed by atoms with Gasteiger partial charge in [0.05, 0.1) is 19.3 Å². The molecule has 0 unspecified atom stereocenters. The van der Waals surface area contributed by atoms with Crippen LogP contribution in [0.2, 0.25) is 0 Å². The molecule has 1 spiro atoms. The Morgan fingerprint density at radius 2 is 1.70 bits per heavy atom. The Balaban J connectivity index is 1.40. The first-order valence-electron chi connectivity index (χ1n) is 10.8. The maximum atomic E-state index is 13.0. The van der Waals surface area contributed by atoms with Crippen LogP contribution in [0.3, 0.4) is 0 Å². The minimum absolute atomic E-state index is 0.0791. The molecule has 3 aromatic rings. The van der Waals surface area contributed by atoms with Crippen LogP contribution in [0, 0.1) is 5.41 Å². The lowest BCUT2D eigenvalue weighted by molar-refractivity contribution is -0.129. The maximum absolute atomic E-state index is 13.0. The molecule has 154 valence electrons. The zero-order valence-corrected chi connectivity index (χ0v) is 17.5. The summed E-state index contributed by atoms with van der Waals surface area (Å²) in [4.78, 5) is 17.5. The Morgan fingerprint density at radius 1 is 0.933 bits per heavy atom. The van der Waals surface area contributed by atoms with Gasteiger partial charge >= 0.3 is 0 Å². The third kappa shape index (κ3) is 3.56. The number of carbonyl (C=O) groups is 1. The highest BCUT2D eigenvalue weighted by atomic mass is 16.5. The predicted octanol–water partition coefficient (Wildman–Crippen LogP) is 4.66. The van der Waals surface area contributed by atoms with Crippen molar-refractivity contribution in [2.24, 2.45) is 5.41 Å². The fraction of sp³-hybridized carbons (Fsp3) is 0.346. The highest BCUT2D eigenvalue weighted by Crippen LogP contribution is 2.39. The molecule has 2 aliphatic rings. The number of ether oxygens (including phenoxy) is 1. The van der Waals surface area contributed by atoms with Crippen molar-refractivity contribution in [1.29, 1.82) is 0 Å². The molecule has 2 heterocycles. The summed E-state index contributed by atoms with van der Waals surface area (Å²) in [6, 6.07) is 25.5. The smallest absolute Gasteiger partial charge is 0.223 e. The first-order valence-corrected chi connectivity index (χ1v) is 10.8. The Morgan fingerprint density at radius 3 is 2.53 bits per heavy atom. The molecule has 2 saturated heterocycles. The van der Waals surface area contributed by atoms with Crippen LogP contribution >= 0.6 is 0 Å². The number of rotatable bonds is 3. The van der Waals surface area contributed by atoms with Gasteiger partial charge in [-0.3, -0.25) is 4.79 Å². The van der Waals surface area contributed by atoms with Gasteiger partial charge in [0.15, 0.2) is 0 Å². The summed E-state index contributed by atoms with van der Waals surface area (Å²) in [5.74, 6) is 0.232. The van der Waals surface area contributed by atoms with Crippen LogP contribution < -0.4 is 4.90 Å². The molecule has 4 nitrogen and oxygen atoms in total. The van der Waals surface area contributed by atoms with E-state index in [0.717, 1.165) is 19.6 Å². The molecule has 0 radical (unpaired) electrons. The van der Waals surface area contributed by atoms with Crippen LogP contribution in [0.4, 0.5) is 5.69 Å². The molecule has 5 rings (SSSR count). The average Bonchev–Trinajstić information content (AvgIpc) is 2.97. The number of benzene rings is 3. The highest BCUT2D eigenvalue weighted by Gasteiger charge is 2.47. The van der Waals surface area contributed by atoms with E-state index in [9.17, 15) is 4.79 Å². The fourth-order valence-corrected chi connectivity index (χ4v) is 4.98. The van der Waals surface area contributed by atoms with Crippen molar-refractivity contribution in [3.63, 3.8) is 0 Å². The van der Waals surface area contributed by atoms with Crippen molar-refractivity contribution >= 4 is 22.4 Å². The van der Waals surface area contributed by atoms with E-state index in [1.54, 1.807) is 0 Å². The normalized spacial score (nSPS) is 23.2. The molecule has 3 aromatic carbocycles. The molecule has 2 atom stereocenters. The van der Waals surface area contributed by atoms with E-state index in [4.69, 9.17) is 4.74 Å². The van der Waals surface area contributed by atoms with E-state index in [1.165, 1.54) is 22.0 Å². The summed E-state index contributed by atoms with van der Waals surface area (Å²) in [6.45, 7) is 5.90. The number of fused-ring (bicyclic) bond motifs is 1. The molecule has 2 fully saturated rings. The second-order valence-electron chi connectivity index (χ2n) is 8.79. The molecule has 0 bridgehead atoms. The summed E-state index contributed by atoms with van der Waals surface area (Å²) in [7, 11) is 0. The van der Waals surface area contributed by atoms with Crippen LogP contribution in [0.15, 0.2) is 72.8 Å². The maximum Gasteiger partial charge on any atom is 0.223 e. The van der Waals surface area contributed by atoms with Gasteiger partial charge in [0.1, 0.15) is 0 Å². The monoisotopic (exact) mass is 400 g/mol. The number of carbonyl (C=O) groups excluding carboxylic acids is 1. The Hall–Kier alpha value is -2.85. The first-order chi connectivity index (χ1) is 14.6. The standard InChI is InChI=1S/C26H28N2O2/c1-20(21-7-3-2-4-8-21)28-18-26(16-25(28)29)17-27(13-14-30-19-26)24-12-11-22-9-5-6-10-23(22)15-24/h2-12,15,20H,13-14,16-19H2,1H3/t20-,26+/m0/s1. The fourth-order valence-electron chi connectivity index (χ4n) is 4.98. The van der Waals surface area contributed by atoms with Gasteiger partial charge in [0.2, 0.25) is 5.91 Å². The molecule has 4 heteroatoms. The van der Waals surface area contributed by atoms with Gasteiger partial charge in [-0.05, 0) is 35.4 Å². The van der Waals surface area contributed by atoms with E-state index in [2.05, 4.69) is 66.4 Å². The highest BCUT2D eigenvalue weighted by molar-refractivity contribution is 5.86. The van der Waals surface area contributed by atoms with Gasteiger partial charge in [-0.2, -0.15) is 0 Å². The number of hydrogen-bond acceptors (Lipinski definition) is 3. The summed E-state index contributed by atoms with van der Waals surface area (Å²) >= 11 is 0. The number of anilines is 1. The van der Waals surface area contributed by atoms with Crippen LogP contribution in [0.25, 0.3) is 10.8 Å². The third-order valence-corrected chi connectivity index (χ3v) is 6.64. The molecular formula is C26H28N2O2. The van der Waals surface area contributed by atoms with Crippen molar-refractivity contribution in [2.75, 3.05) is 37.7 Å². The minimum Gasteiger partial charge on any atom is -0.379 e. The van der Waals surface area contributed by atoms with E-state index in [1.807, 2.05) is 23.1 Å². The topological polar surface area (TPSA) is 32.8 Å². The summed E-state index contributed by atoms with van der Waals surface area (Å²) in [5.41, 5.74) is 2.23. The Bertz CT molecular complexity index is 1050. The van der Waals surface area contributed by atoms with Crippen molar-refractivity contribution in [3.8, 4) is 0 Å². The van der Waals surface area contributed by atoms with Gasteiger partial charge in [0.25, 0.3) is 0 Å². The van der Waals surface area contributed by atoms with Crippen molar-refractivity contribution in [1.82, 2.24) is 4.90 Å². The lowest BCUT2D eigenvalue weighted by atomic mass is 9.87. The van der Waals surface area contributed by atoms with Gasteiger partial charge in [0, 0.05) is 37.2 Å². The second kappa shape index (κ2) is 7.77. The largest absolute Gasteiger partial charge is 0.379 e. The molecule has 0 aromatic heterocycles. The number of hydrogen-bond donors (Lipinski definition) is 0. The number of likely N-dealkylation sites (tertiary alicyclic amines) is 1. The van der Waals surface area contributed by atoms with Crippen LogP contribution in [-0.2, 0) is 9.53 Å². The van der Waals surface area contributed by atoms with Crippen molar-refractivity contribution < 1.29 is 9.53 Å². The molecule has 30 heavy (non-hydrogen) atoms. The Kier molecular flexibility index (Phi) is 4.95. The zero-order valence-electron chi connectivity index (χ0n) is 17.5. The molecule has 1 amide bonds. The predicted molar refractivity (Wildman–Crippen MR) is 121 cm³/mol. The van der Waals surface area contributed by atoms with E-state index in [0.29, 0.717) is 19.6 Å². The van der Waals surface area contributed by atoms with Gasteiger partial charge in [-0.25, -0.2) is 0 Å². The van der Waals surface area contributed by atoms with E-state index in [-0.39, 0.29) is 17.4 Å². The van der Waals surface area contributed by atoms with E-state index >= 15 is 0 Å². The molecular weight excluding hydrogens is 372 g/mol. The van der Waals surface area contributed by atoms with Crippen LogP contribution in [-0.4, -0.2) is 43.7 Å². The SMILES string of the molecule is C[C@@H](c1ccccc1)N1C[C@@]2(COCCN(c3ccc4ccccc4c3)C2)CC1=O. The Labute approximate surface area is 178 Å². The van der Waals surface area contributed by atoms with Crippen LogP contribution in [0.5, 0.6) is 0 Å². The van der Waals surface area contributed by atoms with Crippen molar-refractivity contribution in [3.05, 3.63) is 78.4 Å². The lowest BCUT2D eigenvalue weighted by Crippen LogP contribution is -2.41. The average molecular weight is 401 g/mol. The molecule has 2 aliphatic heterocycles. The quantitative estimate of drug-likeness (QED) is 0.641. The van der Waals surface area contributed by atoms with E-state index < -0.39 is 0 Å². The molecule has 0 saturated carbocycles. The summed E-state index contributed by atoms with van der Waals surface area (Å²) in [6.07, 6.45) is 0.550. The minimum atomic E-state index is -0.164. The second-order valence-corrected chi connectivity index (χ2v) is 8.79. The van der Waals surface area contributed by atoms with Crippen LogP contribution in [0.1, 0.15) is 24.9 Å². The van der Waals surface area contributed by atoms with Crippen molar-refractivity contribution in [2.45, 2.75) is 19.4 Å². The summed E-state index contributed by atoms with van der Waals surface area (Å²) < 4.78 is 6.03. The zero-order chi connectivity index (χ0) is 20.6. The molecule has 0 aliphatic carbocycles.